The van der Waals surface area contributed by atoms with Gasteiger partial charge in [0.1, 0.15) is 5.75 Å². The Morgan fingerprint density at radius 2 is 1.87 bits per heavy atom. The summed E-state index contributed by atoms with van der Waals surface area (Å²) in [6.07, 6.45) is 0. The zero-order valence-electron chi connectivity index (χ0n) is 16.9. The second kappa shape index (κ2) is 10.7. The average molecular weight is 479 g/mol. The number of ether oxygens (including phenoxy) is 1. The number of carbonyl (C=O) groups is 2. The Kier molecular flexibility index (Phi) is 7.95. The summed E-state index contributed by atoms with van der Waals surface area (Å²) in [5.74, 6) is 1.14. The second-order valence-electron chi connectivity index (χ2n) is 6.39. The number of nitrogens with zero attached hydrogens (tertiary/aromatic N) is 3. The molecule has 0 aliphatic rings. The molecular formula is C21H20Cl2N4O3S. The third-order valence-corrected chi connectivity index (χ3v) is 5.95. The van der Waals surface area contributed by atoms with E-state index in [0.717, 1.165) is 0 Å². The van der Waals surface area contributed by atoms with Gasteiger partial charge in [0.05, 0.1) is 30.0 Å². The molecular weight excluding hydrogens is 459 g/mol. The summed E-state index contributed by atoms with van der Waals surface area (Å²) in [5.41, 5.74) is 0.927. The van der Waals surface area contributed by atoms with Gasteiger partial charge in [-0.05, 0) is 49.4 Å². The lowest BCUT2D eigenvalue weighted by molar-refractivity contribution is 0.0948. The van der Waals surface area contributed by atoms with Gasteiger partial charge in [0.2, 0.25) is 0 Å². The topological polar surface area (TPSA) is 86.1 Å². The second-order valence-corrected chi connectivity index (χ2v) is 8.18. The van der Waals surface area contributed by atoms with Crippen molar-refractivity contribution in [3.63, 3.8) is 0 Å². The smallest absolute Gasteiger partial charge is 0.253 e. The fraction of sp³-hybridized carbons (Fsp3) is 0.238. The maximum absolute atomic E-state index is 12.5. The molecule has 162 valence electrons. The van der Waals surface area contributed by atoms with Crippen LogP contribution in [0.2, 0.25) is 10.0 Å². The monoisotopic (exact) mass is 478 g/mol. The minimum absolute atomic E-state index is 0.0226. The Hall–Kier alpha value is -2.55. The molecule has 0 bridgehead atoms. The van der Waals surface area contributed by atoms with E-state index in [4.69, 9.17) is 27.9 Å². The minimum atomic E-state index is -0.337. The highest BCUT2D eigenvalue weighted by molar-refractivity contribution is 7.99. The van der Waals surface area contributed by atoms with Gasteiger partial charge in [-0.2, -0.15) is 0 Å². The number of hydrogen-bond donors (Lipinski definition) is 1. The van der Waals surface area contributed by atoms with Crippen LogP contribution in [0.4, 0.5) is 0 Å². The number of ketones is 1. The molecule has 1 amide bonds. The first-order valence-electron chi connectivity index (χ1n) is 9.38. The van der Waals surface area contributed by atoms with E-state index in [0.29, 0.717) is 39.4 Å². The van der Waals surface area contributed by atoms with Crippen LogP contribution in [0.5, 0.6) is 5.75 Å². The lowest BCUT2D eigenvalue weighted by Gasteiger charge is -2.09. The van der Waals surface area contributed by atoms with Crippen molar-refractivity contribution in [2.45, 2.75) is 25.2 Å². The Morgan fingerprint density at radius 3 is 2.52 bits per heavy atom. The summed E-state index contributed by atoms with van der Waals surface area (Å²) >= 11 is 13.3. The maximum atomic E-state index is 12.5. The van der Waals surface area contributed by atoms with E-state index >= 15 is 0 Å². The van der Waals surface area contributed by atoms with Crippen LogP contribution in [-0.4, -0.2) is 39.3 Å². The fourth-order valence-corrected chi connectivity index (χ4v) is 4.20. The SMILES string of the molecule is CCn1c(CNC(=O)c2ccc(Cl)cc2Cl)nnc1SCC(=O)c1ccc(OC)cc1. The highest BCUT2D eigenvalue weighted by Crippen LogP contribution is 2.22. The standard InChI is InChI=1S/C21H20Cl2N4O3S/c1-3-27-19(11-24-20(29)16-9-6-14(22)10-17(16)23)25-26-21(27)31-12-18(28)13-4-7-15(30-2)8-5-13/h4-10H,3,11-12H2,1-2H3,(H,24,29). The Labute approximate surface area is 194 Å². The Bertz CT molecular complexity index is 1090. The summed E-state index contributed by atoms with van der Waals surface area (Å²) in [4.78, 5) is 24.9. The molecule has 0 saturated carbocycles. The minimum Gasteiger partial charge on any atom is -0.497 e. The van der Waals surface area contributed by atoms with Gasteiger partial charge in [-0.3, -0.25) is 9.59 Å². The van der Waals surface area contributed by atoms with Gasteiger partial charge in [-0.15, -0.1) is 10.2 Å². The summed E-state index contributed by atoms with van der Waals surface area (Å²) < 4.78 is 6.97. The third kappa shape index (κ3) is 5.78. The van der Waals surface area contributed by atoms with Crippen molar-refractivity contribution in [1.29, 1.82) is 0 Å². The molecule has 2 aromatic carbocycles. The zero-order valence-corrected chi connectivity index (χ0v) is 19.2. The number of halogens is 2. The summed E-state index contributed by atoms with van der Waals surface area (Å²) in [6, 6.07) is 11.6. The predicted octanol–water partition coefficient (Wildman–Crippen LogP) is 4.52. The molecule has 0 radical (unpaired) electrons. The van der Waals surface area contributed by atoms with Gasteiger partial charge >= 0.3 is 0 Å². The molecule has 0 atom stereocenters. The van der Waals surface area contributed by atoms with Crippen molar-refractivity contribution in [2.24, 2.45) is 0 Å². The van der Waals surface area contributed by atoms with E-state index in [1.165, 1.54) is 17.8 Å². The molecule has 0 aliphatic heterocycles. The number of nitrogens with one attached hydrogen (secondary N) is 1. The number of benzene rings is 2. The molecule has 0 spiro atoms. The van der Waals surface area contributed by atoms with E-state index in [1.54, 1.807) is 43.5 Å². The molecule has 3 aromatic rings. The number of aromatic nitrogens is 3. The first-order chi connectivity index (χ1) is 14.9. The van der Waals surface area contributed by atoms with Crippen LogP contribution in [0.3, 0.4) is 0 Å². The van der Waals surface area contributed by atoms with Crippen LogP contribution in [-0.2, 0) is 13.1 Å². The van der Waals surface area contributed by atoms with E-state index in [2.05, 4.69) is 15.5 Å². The van der Waals surface area contributed by atoms with E-state index < -0.39 is 0 Å². The fourth-order valence-electron chi connectivity index (χ4n) is 2.79. The number of Topliss-reactive ketones (excluding diaryl/α,β-unsaturated/α-hetero) is 1. The summed E-state index contributed by atoms with van der Waals surface area (Å²) in [7, 11) is 1.58. The molecule has 0 saturated heterocycles. The lowest BCUT2D eigenvalue weighted by Crippen LogP contribution is -2.25. The van der Waals surface area contributed by atoms with Gasteiger partial charge in [-0.25, -0.2) is 0 Å². The van der Waals surface area contributed by atoms with Crippen LogP contribution in [0.15, 0.2) is 47.6 Å². The number of amides is 1. The molecule has 7 nitrogen and oxygen atoms in total. The van der Waals surface area contributed by atoms with E-state index in [9.17, 15) is 9.59 Å². The largest absolute Gasteiger partial charge is 0.497 e. The van der Waals surface area contributed by atoms with Gasteiger partial charge in [0, 0.05) is 17.1 Å². The van der Waals surface area contributed by atoms with Gasteiger partial charge in [0.15, 0.2) is 16.8 Å². The Balaban J connectivity index is 1.62. The molecule has 1 heterocycles. The maximum Gasteiger partial charge on any atom is 0.253 e. The molecule has 10 heteroatoms. The molecule has 1 N–H and O–H groups in total. The molecule has 1 aromatic heterocycles. The van der Waals surface area contributed by atoms with Crippen molar-refractivity contribution in [3.05, 3.63) is 69.5 Å². The molecule has 0 unspecified atom stereocenters. The number of hydrogen-bond acceptors (Lipinski definition) is 6. The van der Waals surface area contributed by atoms with Crippen molar-refractivity contribution in [3.8, 4) is 5.75 Å². The average Bonchev–Trinajstić information content (AvgIpc) is 3.17. The molecule has 31 heavy (non-hydrogen) atoms. The normalized spacial score (nSPS) is 10.7. The number of methoxy groups -OCH3 is 1. The zero-order chi connectivity index (χ0) is 22.4. The number of thioether (sulfide) groups is 1. The van der Waals surface area contributed by atoms with Crippen LogP contribution in [0.1, 0.15) is 33.5 Å². The molecule has 3 rings (SSSR count). The van der Waals surface area contributed by atoms with Crippen molar-refractivity contribution >= 4 is 46.7 Å². The van der Waals surface area contributed by atoms with Gasteiger partial charge in [0.25, 0.3) is 5.91 Å². The van der Waals surface area contributed by atoms with Crippen molar-refractivity contribution in [1.82, 2.24) is 20.1 Å². The van der Waals surface area contributed by atoms with Crippen LogP contribution in [0.25, 0.3) is 0 Å². The van der Waals surface area contributed by atoms with Crippen LogP contribution in [0, 0.1) is 0 Å². The quantitative estimate of drug-likeness (QED) is 0.359. The summed E-state index contributed by atoms with van der Waals surface area (Å²) in [5, 5.41) is 12.5. The number of rotatable bonds is 9. The molecule has 0 aliphatic carbocycles. The van der Waals surface area contributed by atoms with E-state index in [1.807, 2.05) is 11.5 Å². The first-order valence-corrected chi connectivity index (χ1v) is 11.1. The predicted molar refractivity (Wildman–Crippen MR) is 121 cm³/mol. The van der Waals surface area contributed by atoms with Crippen molar-refractivity contribution in [2.75, 3.05) is 12.9 Å². The van der Waals surface area contributed by atoms with Gasteiger partial charge < -0.3 is 14.6 Å². The first kappa shape index (κ1) is 23.1. The molecule has 0 fully saturated rings. The third-order valence-electron chi connectivity index (χ3n) is 4.44. The lowest BCUT2D eigenvalue weighted by atomic mass is 10.1. The highest BCUT2D eigenvalue weighted by Gasteiger charge is 2.16. The number of carbonyl (C=O) groups excluding carboxylic acids is 2. The highest BCUT2D eigenvalue weighted by atomic mass is 35.5. The van der Waals surface area contributed by atoms with Gasteiger partial charge in [-0.1, -0.05) is 35.0 Å². The van der Waals surface area contributed by atoms with E-state index in [-0.39, 0.29) is 29.0 Å². The van der Waals surface area contributed by atoms with Crippen molar-refractivity contribution < 1.29 is 14.3 Å². The van der Waals surface area contributed by atoms with Crippen LogP contribution >= 0.6 is 35.0 Å². The summed E-state index contributed by atoms with van der Waals surface area (Å²) in [6.45, 7) is 2.71. The van der Waals surface area contributed by atoms with Crippen LogP contribution < -0.4 is 10.1 Å². The Morgan fingerprint density at radius 1 is 1.13 bits per heavy atom.